The van der Waals surface area contributed by atoms with Crippen LogP contribution < -0.4 is 26.8 Å². The fourth-order valence-corrected chi connectivity index (χ4v) is 4.86. The van der Waals surface area contributed by atoms with Gasteiger partial charge in [0.25, 0.3) is 5.56 Å². The average molecular weight is 519 g/mol. The summed E-state index contributed by atoms with van der Waals surface area (Å²) in [4.78, 5) is 16.8. The molecule has 1 aromatic heterocycles. The number of hydrogen-bond donors (Lipinski definition) is 3. The fraction of sp³-hybridized carbons (Fsp3) is 0.444. The first kappa shape index (κ1) is 28.3. The third-order valence-corrected chi connectivity index (χ3v) is 6.64. The number of anilines is 3. The van der Waals surface area contributed by atoms with Crippen molar-refractivity contribution in [2.45, 2.75) is 26.1 Å². The van der Waals surface area contributed by atoms with Crippen molar-refractivity contribution in [3.05, 3.63) is 63.9 Å². The van der Waals surface area contributed by atoms with Gasteiger partial charge >= 0.3 is 6.18 Å². The minimum Gasteiger partial charge on any atom is -0.386 e. The normalized spacial score (nSPS) is 15.2. The minimum atomic E-state index is -4.21. The molecule has 10 heteroatoms. The van der Waals surface area contributed by atoms with E-state index in [1.807, 2.05) is 55.3 Å². The Morgan fingerprint density at radius 1 is 1.00 bits per heavy atom. The molecule has 2 aromatic carbocycles. The number of fused-ring (bicyclic) bond motifs is 1. The van der Waals surface area contributed by atoms with E-state index in [4.69, 9.17) is 0 Å². The highest BCUT2D eigenvalue weighted by Crippen LogP contribution is 2.32. The summed E-state index contributed by atoms with van der Waals surface area (Å²) < 4.78 is 40.0. The molecule has 202 valence electrons. The number of halogens is 3. The molecule has 3 aromatic rings. The van der Waals surface area contributed by atoms with Crippen molar-refractivity contribution in [1.82, 2.24) is 9.47 Å². The second-order valence-corrected chi connectivity index (χ2v) is 9.22. The monoisotopic (exact) mass is 518 g/mol. The minimum absolute atomic E-state index is 0.0875. The van der Waals surface area contributed by atoms with Crippen LogP contribution in [0, 0.1) is 6.92 Å². The molecule has 7 nitrogen and oxygen atoms in total. The highest BCUT2D eigenvalue weighted by atomic mass is 19.4. The molecular formula is C27H37F3N6O. The number of alkyl halides is 3. The largest absolute Gasteiger partial charge is 0.401 e. The number of aryl methyl sites for hydroxylation is 1. The van der Waals surface area contributed by atoms with Crippen LogP contribution in [0.15, 0.2) is 47.3 Å². The number of piperazine rings is 1. The van der Waals surface area contributed by atoms with E-state index < -0.39 is 12.7 Å². The SMILES string of the molecule is CN.CNc1ccccc1N[C@H](C)c1cc(C)cc2c(=O)n(C)c(N3CCN(CC(F)(F)F)CC3)cc12. The first-order chi connectivity index (χ1) is 17.6. The Balaban J connectivity index is 0.00000186. The Morgan fingerprint density at radius 3 is 2.22 bits per heavy atom. The van der Waals surface area contributed by atoms with E-state index >= 15 is 0 Å². The van der Waals surface area contributed by atoms with Crippen LogP contribution in [0.1, 0.15) is 24.1 Å². The molecule has 0 amide bonds. The molecule has 1 aliphatic heterocycles. The van der Waals surface area contributed by atoms with E-state index in [1.54, 1.807) is 11.6 Å². The number of nitrogens with zero attached hydrogens (tertiary/aromatic N) is 3. The van der Waals surface area contributed by atoms with Crippen molar-refractivity contribution in [1.29, 1.82) is 0 Å². The van der Waals surface area contributed by atoms with Crippen LogP contribution >= 0.6 is 0 Å². The summed E-state index contributed by atoms with van der Waals surface area (Å²) in [6, 6.07) is 13.8. The zero-order chi connectivity index (χ0) is 27.3. The smallest absolute Gasteiger partial charge is 0.386 e. The summed E-state index contributed by atoms with van der Waals surface area (Å²) in [5.41, 5.74) is 8.32. The maximum Gasteiger partial charge on any atom is 0.401 e. The van der Waals surface area contributed by atoms with Gasteiger partial charge in [-0.25, -0.2) is 0 Å². The molecule has 1 aliphatic rings. The van der Waals surface area contributed by atoms with Crippen molar-refractivity contribution in [2.75, 3.05) is 62.4 Å². The lowest BCUT2D eigenvalue weighted by Gasteiger charge is -2.37. The van der Waals surface area contributed by atoms with Crippen molar-refractivity contribution >= 4 is 28.0 Å². The Labute approximate surface area is 216 Å². The lowest BCUT2D eigenvalue weighted by molar-refractivity contribution is -0.146. The fourth-order valence-electron chi connectivity index (χ4n) is 4.86. The summed E-state index contributed by atoms with van der Waals surface area (Å²) in [5, 5.41) is 8.24. The first-order valence-corrected chi connectivity index (χ1v) is 12.4. The van der Waals surface area contributed by atoms with Gasteiger partial charge < -0.3 is 21.3 Å². The van der Waals surface area contributed by atoms with Gasteiger partial charge in [-0.15, -0.1) is 0 Å². The maximum absolute atomic E-state index is 13.4. The molecular weight excluding hydrogens is 481 g/mol. The Kier molecular flexibility index (Phi) is 9.09. The first-order valence-electron chi connectivity index (χ1n) is 12.4. The summed E-state index contributed by atoms with van der Waals surface area (Å²) in [7, 11) is 5.10. The molecule has 1 fully saturated rings. The molecule has 4 N–H and O–H groups in total. The second-order valence-electron chi connectivity index (χ2n) is 9.22. The van der Waals surface area contributed by atoms with Crippen LogP contribution in [0.3, 0.4) is 0 Å². The highest BCUT2D eigenvalue weighted by Gasteiger charge is 2.32. The van der Waals surface area contributed by atoms with Gasteiger partial charge in [0.1, 0.15) is 5.82 Å². The van der Waals surface area contributed by atoms with Crippen molar-refractivity contribution < 1.29 is 13.2 Å². The predicted octanol–water partition coefficient (Wildman–Crippen LogP) is 4.32. The van der Waals surface area contributed by atoms with Crippen LogP contribution in [-0.2, 0) is 7.05 Å². The lowest BCUT2D eigenvalue weighted by atomic mass is 9.97. The second kappa shape index (κ2) is 11.9. The van der Waals surface area contributed by atoms with Gasteiger partial charge in [-0.3, -0.25) is 14.3 Å². The lowest BCUT2D eigenvalue weighted by Crippen LogP contribution is -2.50. The molecule has 4 rings (SSSR count). The molecule has 0 saturated carbocycles. The van der Waals surface area contributed by atoms with Crippen LogP contribution in [0.4, 0.5) is 30.4 Å². The zero-order valence-corrected chi connectivity index (χ0v) is 22.1. The molecule has 1 saturated heterocycles. The van der Waals surface area contributed by atoms with Gasteiger partial charge in [-0.1, -0.05) is 18.2 Å². The Morgan fingerprint density at radius 2 is 1.62 bits per heavy atom. The molecule has 37 heavy (non-hydrogen) atoms. The number of nitrogens with two attached hydrogens (primary N) is 1. The molecule has 2 heterocycles. The Hall–Kier alpha value is -3.24. The number of para-hydroxylation sites is 2. The molecule has 0 unspecified atom stereocenters. The molecule has 0 radical (unpaired) electrons. The molecule has 0 spiro atoms. The molecule has 1 atom stereocenters. The topological polar surface area (TPSA) is 78.6 Å². The standard InChI is InChI=1S/C26H32F3N5O.CH5N/c1-17-13-19(18(2)31-23-8-6-5-7-22(23)30-3)20-15-24(32(4)25(35)21(20)14-17)34-11-9-33(10-12-34)16-26(27,28)29;1-2/h5-8,13-15,18,30-31H,9-12,16H2,1-4H3;2H2,1H3/t18-;/m1./s1. The van der Waals surface area contributed by atoms with Crippen LogP contribution in [0.5, 0.6) is 0 Å². The van der Waals surface area contributed by atoms with Gasteiger partial charge in [-0.2, -0.15) is 13.2 Å². The van der Waals surface area contributed by atoms with Crippen LogP contribution in [0.25, 0.3) is 10.8 Å². The van der Waals surface area contributed by atoms with Gasteiger partial charge in [0.2, 0.25) is 0 Å². The highest BCUT2D eigenvalue weighted by molar-refractivity contribution is 5.89. The maximum atomic E-state index is 13.4. The summed E-state index contributed by atoms with van der Waals surface area (Å²) in [5.74, 6) is 0.724. The number of benzene rings is 2. The number of hydrogen-bond acceptors (Lipinski definition) is 6. The molecule has 0 aliphatic carbocycles. The van der Waals surface area contributed by atoms with E-state index in [0.29, 0.717) is 31.6 Å². The van der Waals surface area contributed by atoms with Gasteiger partial charge in [0, 0.05) is 51.7 Å². The van der Waals surface area contributed by atoms with Crippen molar-refractivity contribution in [2.24, 2.45) is 12.8 Å². The average Bonchev–Trinajstić information content (AvgIpc) is 2.87. The van der Waals surface area contributed by atoms with Gasteiger partial charge in [-0.05, 0) is 61.7 Å². The summed E-state index contributed by atoms with van der Waals surface area (Å²) >= 11 is 0. The quantitative estimate of drug-likeness (QED) is 0.451. The van der Waals surface area contributed by atoms with E-state index in [1.165, 1.54) is 11.9 Å². The van der Waals surface area contributed by atoms with Gasteiger partial charge in [0.15, 0.2) is 0 Å². The van der Waals surface area contributed by atoms with Crippen LogP contribution in [0.2, 0.25) is 0 Å². The number of nitrogens with one attached hydrogen (secondary N) is 2. The van der Waals surface area contributed by atoms with E-state index in [-0.39, 0.29) is 11.6 Å². The summed E-state index contributed by atoms with van der Waals surface area (Å²) in [6.07, 6.45) is -4.21. The summed E-state index contributed by atoms with van der Waals surface area (Å²) in [6.45, 7) is 4.59. The van der Waals surface area contributed by atoms with E-state index in [0.717, 1.165) is 33.7 Å². The number of aromatic nitrogens is 1. The number of rotatable bonds is 6. The van der Waals surface area contributed by atoms with Crippen molar-refractivity contribution in [3.63, 3.8) is 0 Å². The van der Waals surface area contributed by atoms with Crippen LogP contribution in [-0.4, -0.2) is 62.5 Å². The van der Waals surface area contributed by atoms with E-state index in [2.05, 4.69) is 29.4 Å². The predicted molar refractivity (Wildman–Crippen MR) is 147 cm³/mol. The zero-order valence-electron chi connectivity index (χ0n) is 22.1. The third-order valence-electron chi connectivity index (χ3n) is 6.64. The number of pyridine rings is 1. The molecule has 0 bridgehead atoms. The van der Waals surface area contributed by atoms with E-state index in [9.17, 15) is 18.0 Å². The van der Waals surface area contributed by atoms with Gasteiger partial charge in [0.05, 0.1) is 17.9 Å². The third kappa shape index (κ3) is 6.56. The Bertz CT molecular complexity index is 1270. The van der Waals surface area contributed by atoms with Crippen molar-refractivity contribution in [3.8, 4) is 0 Å².